The van der Waals surface area contributed by atoms with Crippen LogP contribution in [0.1, 0.15) is 6.92 Å². The molecular weight excluding hydrogens is 159 g/mol. The van der Waals surface area contributed by atoms with E-state index in [1.807, 2.05) is 0 Å². The Kier molecular flexibility index (Phi) is 4.27. The van der Waals surface area contributed by atoms with Crippen molar-refractivity contribution in [2.75, 3.05) is 13.7 Å². The van der Waals surface area contributed by atoms with Gasteiger partial charge in [0.05, 0.1) is 6.61 Å². The third-order valence-electron chi connectivity index (χ3n) is 0.683. The van der Waals surface area contributed by atoms with Crippen LogP contribution in [0.25, 0.3) is 0 Å². The summed E-state index contributed by atoms with van der Waals surface area (Å²) in [6.07, 6.45) is 0. The lowest BCUT2D eigenvalue weighted by Gasteiger charge is -2.09. The van der Waals surface area contributed by atoms with E-state index in [9.17, 15) is 9.36 Å². The van der Waals surface area contributed by atoms with Gasteiger partial charge in [0.15, 0.2) is 0 Å². The molecule has 0 aliphatic heterocycles. The molecule has 1 atom stereocenters. The van der Waals surface area contributed by atoms with Crippen LogP contribution in [0.2, 0.25) is 0 Å². The van der Waals surface area contributed by atoms with Crippen LogP contribution in [0.3, 0.4) is 0 Å². The van der Waals surface area contributed by atoms with Crippen LogP contribution < -0.4 is 0 Å². The average Bonchev–Trinajstić information content (AvgIpc) is 1.89. The van der Waals surface area contributed by atoms with E-state index in [1.54, 1.807) is 6.92 Å². The van der Waals surface area contributed by atoms with Gasteiger partial charge in [-0.25, -0.2) is 4.57 Å². The molecule has 0 amide bonds. The molecule has 0 aromatic carbocycles. The lowest BCUT2D eigenvalue weighted by atomic mass is 10.9. The Balaban J connectivity index is 3.94. The maximum Gasteiger partial charge on any atom is 0.531 e. The van der Waals surface area contributed by atoms with Crippen molar-refractivity contribution >= 4 is 14.3 Å². The first kappa shape index (κ1) is 9.62. The number of hydrogen-bond acceptors (Lipinski definition) is 5. The maximum absolute atomic E-state index is 10.9. The number of carbonyl (C=O) groups is 1. The standard InChI is InChI=1S/C4H9O5P/c1-3-8-10(6,7-2)9-4-5/h4H,3H2,1-2H3. The summed E-state index contributed by atoms with van der Waals surface area (Å²) in [5, 5.41) is 0. The normalized spacial score (nSPS) is 15.8. The van der Waals surface area contributed by atoms with Gasteiger partial charge in [0, 0.05) is 7.11 Å². The Morgan fingerprint density at radius 3 is 2.50 bits per heavy atom. The minimum Gasteiger partial charge on any atom is -0.373 e. The van der Waals surface area contributed by atoms with E-state index in [0.717, 1.165) is 7.11 Å². The van der Waals surface area contributed by atoms with Gasteiger partial charge >= 0.3 is 14.3 Å². The highest BCUT2D eigenvalue weighted by atomic mass is 31.2. The second-order valence-electron chi connectivity index (χ2n) is 1.25. The van der Waals surface area contributed by atoms with Crippen molar-refractivity contribution in [2.24, 2.45) is 0 Å². The predicted molar refractivity (Wildman–Crippen MR) is 33.4 cm³/mol. The highest BCUT2D eigenvalue weighted by Crippen LogP contribution is 2.47. The van der Waals surface area contributed by atoms with Gasteiger partial charge in [0.1, 0.15) is 0 Å². The van der Waals surface area contributed by atoms with Gasteiger partial charge in [0.25, 0.3) is 0 Å². The second-order valence-corrected chi connectivity index (χ2v) is 2.98. The Morgan fingerprint density at radius 2 is 2.20 bits per heavy atom. The van der Waals surface area contributed by atoms with Crippen LogP contribution >= 0.6 is 7.82 Å². The van der Waals surface area contributed by atoms with E-state index in [2.05, 4.69) is 13.6 Å². The lowest BCUT2D eigenvalue weighted by molar-refractivity contribution is -0.122. The van der Waals surface area contributed by atoms with E-state index in [-0.39, 0.29) is 13.1 Å². The average molecular weight is 168 g/mol. The maximum atomic E-state index is 10.9. The molecule has 0 heterocycles. The summed E-state index contributed by atoms with van der Waals surface area (Å²) >= 11 is 0. The van der Waals surface area contributed by atoms with E-state index in [1.165, 1.54) is 0 Å². The van der Waals surface area contributed by atoms with Gasteiger partial charge in [-0.2, -0.15) is 0 Å². The summed E-state index contributed by atoms with van der Waals surface area (Å²) in [4.78, 5) is 9.70. The van der Waals surface area contributed by atoms with Crippen LogP contribution in [0.4, 0.5) is 0 Å². The smallest absolute Gasteiger partial charge is 0.373 e. The van der Waals surface area contributed by atoms with E-state index < -0.39 is 7.82 Å². The van der Waals surface area contributed by atoms with Gasteiger partial charge in [-0.15, -0.1) is 0 Å². The summed E-state index contributed by atoms with van der Waals surface area (Å²) in [6, 6.07) is 0. The molecule has 0 aliphatic carbocycles. The molecule has 0 saturated heterocycles. The molecule has 10 heavy (non-hydrogen) atoms. The van der Waals surface area contributed by atoms with Crippen LogP contribution in [0, 0.1) is 0 Å². The molecule has 0 bridgehead atoms. The van der Waals surface area contributed by atoms with E-state index in [0.29, 0.717) is 0 Å². The van der Waals surface area contributed by atoms with Crippen LogP contribution in [-0.4, -0.2) is 20.2 Å². The molecule has 6 heteroatoms. The first-order valence-corrected chi connectivity index (χ1v) is 4.07. The van der Waals surface area contributed by atoms with Crippen LogP contribution in [0.15, 0.2) is 0 Å². The largest absolute Gasteiger partial charge is 0.531 e. The van der Waals surface area contributed by atoms with E-state index in [4.69, 9.17) is 0 Å². The fourth-order valence-electron chi connectivity index (χ4n) is 0.337. The highest BCUT2D eigenvalue weighted by molar-refractivity contribution is 7.48. The topological polar surface area (TPSA) is 61.8 Å². The molecule has 0 N–H and O–H groups in total. The fraction of sp³-hybridized carbons (Fsp3) is 0.750. The molecular formula is C4H9O5P. The zero-order valence-electron chi connectivity index (χ0n) is 5.77. The van der Waals surface area contributed by atoms with Gasteiger partial charge < -0.3 is 4.52 Å². The van der Waals surface area contributed by atoms with Gasteiger partial charge in [-0.05, 0) is 6.92 Å². The van der Waals surface area contributed by atoms with Crippen molar-refractivity contribution in [3.63, 3.8) is 0 Å². The zero-order chi connectivity index (χ0) is 8.04. The molecule has 0 aliphatic rings. The molecule has 0 rings (SSSR count). The number of phosphoric acid groups is 1. The molecule has 0 aromatic rings. The quantitative estimate of drug-likeness (QED) is 0.451. The molecule has 1 unspecified atom stereocenters. The number of hydrogen-bond donors (Lipinski definition) is 0. The van der Waals surface area contributed by atoms with Gasteiger partial charge in [-0.1, -0.05) is 0 Å². The number of phosphoric ester groups is 1. The first-order chi connectivity index (χ1) is 4.68. The Hall–Kier alpha value is -0.380. The fourth-order valence-corrected chi connectivity index (χ4v) is 1.01. The van der Waals surface area contributed by atoms with Crippen molar-refractivity contribution in [1.29, 1.82) is 0 Å². The zero-order valence-corrected chi connectivity index (χ0v) is 6.67. The Morgan fingerprint density at radius 1 is 1.60 bits per heavy atom. The summed E-state index contributed by atoms with van der Waals surface area (Å²) in [7, 11) is -2.43. The molecule has 0 radical (unpaired) electrons. The molecule has 0 aromatic heterocycles. The molecule has 0 saturated carbocycles. The summed E-state index contributed by atoms with van der Waals surface area (Å²) in [5.41, 5.74) is 0. The minimum absolute atomic E-state index is 0.0277. The first-order valence-electron chi connectivity index (χ1n) is 2.61. The highest BCUT2D eigenvalue weighted by Gasteiger charge is 2.24. The summed E-state index contributed by atoms with van der Waals surface area (Å²) < 4.78 is 23.7. The van der Waals surface area contributed by atoms with Gasteiger partial charge in [-0.3, -0.25) is 13.8 Å². The molecule has 0 spiro atoms. The minimum atomic E-state index is -3.57. The van der Waals surface area contributed by atoms with Crippen molar-refractivity contribution in [2.45, 2.75) is 6.92 Å². The Labute approximate surface area is 58.9 Å². The van der Waals surface area contributed by atoms with Crippen molar-refractivity contribution in [1.82, 2.24) is 0 Å². The third kappa shape index (κ3) is 2.96. The summed E-state index contributed by atoms with van der Waals surface area (Å²) in [6.45, 7) is 1.80. The van der Waals surface area contributed by atoms with E-state index >= 15 is 0 Å². The third-order valence-corrected chi connectivity index (χ3v) is 2.05. The van der Waals surface area contributed by atoms with Crippen LogP contribution in [-0.2, 0) is 22.9 Å². The van der Waals surface area contributed by atoms with Crippen molar-refractivity contribution in [3.8, 4) is 0 Å². The number of carbonyl (C=O) groups excluding carboxylic acids is 1. The number of rotatable bonds is 5. The second kappa shape index (κ2) is 4.44. The molecule has 60 valence electrons. The van der Waals surface area contributed by atoms with Gasteiger partial charge in [0.2, 0.25) is 0 Å². The lowest BCUT2D eigenvalue weighted by Crippen LogP contribution is -1.95. The molecule has 0 fully saturated rings. The predicted octanol–water partition coefficient (Wildman–Crippen LogP) is 0.950. The Bertz CT molecular complexity index is 145. The monoisotopic (exact) mass is 168 g/mol. The van der Waals surface area contributed by atoms with Crippen LogP contribution in [0.5, 0.6) is 0 Å². The van der Waals surface area contributed by atoms with Crippen molar-refractivity contribution in [3.05, 3.63) is 0 Å². The SMILES string of the molecule is CCOP(=O)(OC)OC=O. The summed E-state index contributed by atoms with van der Waals surface area (Å²) in [5.74, 6) is 0. The molecule has 5 nitrogen and oxygen atoms in total. The van der Waals surface area contributed by atoms with Crippen molar-refractivity contribution < 1.29 is 22.9 Å².